The summed E-state index contributed by atoms with van der Waals surface area (Å²) >= 11 is 0. The summed E-state index contributed by atoms with van der Waals surface area (Å²) in [6.07, 6.45) is 0.150. The predicted octanol–water partition coefficient (Wildman–Crippen LogP) is 3.78. The first-order valence-corrected chi connectivity index (χ1v) is 8.90. The fourth-order valence-electron chi connectivity index (χ4n) is 2.75. The van der Waals surface area contributed by atoms with Crippen LogP contribution in [0.15, 0.2) is 42.5 Å². The summed E-state index contributed by atoms with van der Waals surface area (Å²) in [5.74, 6) is 0.872. The number of carbonyl (C=O) groups is 2. The van der Waals surface area contributed by atoms with Gasteiger partial charge in [0.05, 0.1) is 25.1 Å². The minimum atomic E-state index is -0.195. The van der Waals surface area contributed by atoms with Crippen LogP contribution in [0.1, 0.15) is 25.8 Å². The SMILES string of the molecule is CCOc1ccccc1N(CCC(=O)Nc1cc(C)ccc1OC)C(C)=O. The van der Waals surface area contributed by atoms with E-state index in [1.807, 2.05) is 56.3 Å². The molecule has 0 unspecified atom stereocenters. The van der Waals surface area contributed by atoms with Crippen LogP contribution in [0.5, 0.6) is 11.5 Å². The minimum Gasteiger partial charge on any atom is -0.495 e. The number of rotatable bonds is 8. The molecule has 6 nitrogen and oxygen atoms in total. The average Bonchev–Trinajstić information content (AvgIpc) is 2.63. The molecule has 0 bridgehead atoms. The Morgan fingerprint density at radius 3 is 2.52 bits per heavy atom. The zero-order chi connectivity index (χ0) is 19.8. The summed E-state index contributed by atoms with van der Waals surface area (Å²) in [5.41, 5.74) is 2.29. The van der Waals surface area contributed by atoms with Crippen molar-refractivity contribution < 1.29 is 19.1 Å². The first-order valence-electron chi connectivity index (χ1n) is 8.90. The molecule has 2 rings (SSSR count). The summed E-state index contributed by atoms with van der Waals surface area (Å²) in [6.45, 7) is 6.05. The van der Waals surface area contributed by atoms with Crippen LogP contribution >= 0.6 is 0 Å². The molecule has 0 heterocycles. The average molecular weight is 370 g/mol. The molecule has 0 radical (unpaired) electrons. The van der Waals surface area contributed by atoms with Gasteiger partial charge in [0.15, 0.2) is 0 Å². The van der Waals surface area contributed by atoms with Crippen molar-refractivity contribution in [3.8, 4) is 11.5 Å². The van der Waals surface area contributed by atoms with Crippen molar-refractivity contribution in [3.63, 3.8) is 0 Å². The van der Waals surface area contributed by atoms with Crippen molar-refractivity contribution in [2.75, 3.05) is 30.5 Å². The summed E-state index contributed by atoms with van der Waals surface area (Å²) in [6, 6.07) is 12.9. The van der Waals surface area contributed by atoms with Gasteiger partial charge in [0.25, 0.3) is 0 Å². The van der Waals surface area contributed by atoms with E-state index in [-0.39, 0.29) is 24.8 Å². The first kappa shape index (κ1) is 20.3. The molecule has 0 atom stereocenters. The van der Waals surface area contributed by atoms with E-state index in [2.05, 4.69) is 5.32 Å². The fourth-order valence-corrected chi connectivity index (χ4v) is 2.75. The van der Waals surface area contributed by atoms with Gasteiger partial charge in [0, 0.05) is 19.9 Å². The molecule has 2 aromatic carbocycles. The Kier molecular flexibility index (Phi) is 7.23. The number of hydrogen-bond donors (Lipinski definition) is 1. The Morgan fingerprint density at radius 2 is 1.85 bits per heavy atom. The molecule has 0 saturated carbocycles. The van der Waals surface area contributed by atoms with E-state index in [4.69, 9.17) is 9.47 Å². The van der Waals surface area contributed by atoms with E-state index in [1.54, 1.807) is 12.0 Å². The third-order valence-electron chi connectivity index (χ3n) is 4.03. The third-order valence-corrected chi connectivity index (χ3v) is 4.03. The van der Waals surface area contributed by atoms with Crippen LogP contribution in [0.3, 0.4) is 0 Å². The molecule has 2 amide bonds. The molecule has 6 heteroatoms. The van der Waals surface area contributed by atoms with E-state index in [0.717, 1.165) is 5.56 Å². The van der Waals surface area contributed by atoms with Crippen LogP contribution < -0.4 is 19.7 Å². The standard InChI is InChI=1S/C21H26N2O4/c1-5-27-20-9-7-6-8-18(20)23(16(3)24)13-12-21(25)22-17-14-15(2)10-11-19(17)26-4/h6-11,14H,5,12-13H2,1-4H3,(H,22,25). The Bertz CT molecular complexity index is 805. The second kappa shape index (κ2) is 9.62. The zero-order valence-electron chi connectivity index (χ0n) is 16.2. The minimum absolute atomic E-state index is 0.150. The number of anilines is 2. The van der Waals surface area contributed by atoms with Gasteiger partial charge in [-0.05, 0) is 43.7 Å². The van der Waals surface area contributed by atoms with E-state index < -0.39 is 0 Å². The summed E-state index contributed by atoms with van der Waals surface area (Å²) in [4.78, 5) is 26.1. The Hall–Kier alpha value is -3.02. The van der Waals surface area contributed by atoms with Crippen LogP contribution in [0.25, 0.3) is 0 Å². The van der Waals surface area contributed by atoms with Gasteiger partial charge in [-0.15, -0.1) is 0 Å². The molecule has 0 aliphatic heterocycles. The maximum absolute atomic E-state index is 12.4. The van der Waals surface area contributed by atoms with Crippen molar-refractivity contribution in [1.29, 1.82) is 0 Å². The number of nitrogens with one attached hydrogen (secondary N) is 1. The maximum Gasteiger partial charge on any atom is 0.226 e. The Morgan fingerprint density at radius 1 is 1.11 bits per heavy atom. The molecule has 1 N–H and O–H groups in total. The van der Waals surface area contributed by atoms with Gasteiger partial charge in [-0.3, -0.25) is 9.59 Å². The quantitative estimate of drug-likeness (QED) is 0.768. The molecule has 0 aliphatic carbocycles. The van der Waals surface area contributed by atoms with Gasteiger partial charge in [-0.2, -0.15) is 0 Å². The van der Waals surface area contributed by atoms with Crippen LogP contribution in [0.2, 0.25) is 0 Å². The second-order valence-electron chi connectivity index (χ2n) is 6.07. The van der Waals surface area contributed by atoms with Crippen LogP contribution in [-0.2, 0) is 9.59 Å². The molecule has 0 aromatic heterocycles. The number of ether oxygens (including phenoxy) is 2. The van der Waals surface area contributed by atoms with Gasteiger partial charge in [0.1, 0.15) is 11.5 Å². The van der Waals surface area contributed by atoms with Gasteiger partial charge in [-0.25, -0.2) is 0 Å². The van der Waals surface area contributed by atoms with E-state index in [0.29, 0.717) is 29.5 Å². The van der Waals surface area contributed by atoms with Crippen LogP contribution in [0.4, 0.5) is 11.4 Å². The van der Waals surface area contributed by atoms with Gasteiger partial charge in [0.2, 0.25) is 11.8 Å². The molecule has 0 spiro atoms. The predicted molar refractivity (Wildman–Crippen MR) is 107 cm³/mol. The maximum atomic E-state index is 12.4. The Balaban J connectivity index is 2.10. The topological polar surface area (TPSA) is 67.9 Å². The highest BCUT2D eigenvalue weighted by Gasteiger charge is 2.18. The number of hydrogen-bond acceptors (Lipinski definition) is 4. The van der Waals surface area contributed by atoms with Crippen molar-refractivity contribution in [2.24, 2.45) is 0 Å². The second-order valence-corrected chi connectivity index (χ2v) is 6.07. The van der Waals surface area contributed by atoms with Crippen molar-refractivity contribution in [1.82, 2.24) is 0 Å². The molecule has 144 valence electrons. The van der Waals surface area contributed by atoms with Crippen LogP contribution in [0, 0.1) is 6.92 Å². The van der Waals surface area contributed by atoms with Crippen molar-refractivity contribution >= 4 is 23.2 Å². The lowest BCUT2D eigenvalue weighted by atomic mass is 10.2. The normalized spacial score (nSPS) is 10.2. The van der Waals surface area contributed by atoms with Gasteiger partial charge >= 0.3 is 0 Å². The first-order chi connectivity index (χ1) is 13.0. The highest BCUT2D eigenvalue weighted by atomic mass is 16.5. The number of benzene rings is 2. The van der Waals surface area contributed by atoms with Crippen molar-refractivity contribution in [3.05, 3.63) is 48.0 Å². The lowest BCUT2D eigenvalue weighted by Gasteiger charge is -2.23. The number of aryl methyl sites for hydroxylation is 1. The third kappa shape index (κ3) is 5.48. The van der Waals surface area contributed by atoms with Crippen molar-refractivity contribution in [2.45, 2.75) is 27.2 Å². The molecule has 27 heavy (non-hydrogen) atoms. The fraction of sp³-hybridized carbons (Fsp3) is 0.333. The van der Waals surface area contributed by atoms with E-state index in [9.17, 15) is 9.59 Å². The molecule has 0 saturated heterocycles. The number of nitrogens with zero attached hydrogens (tertiary/aromatic N) is 1. The lowest BCUT2D eigenvalue weighted by Crippen LogP contribution is -2.32. The smallest absolute Gasteiger partial charge is 0.226 e. The van der Waals surface area contributed by atoms with Crippen LogP contribution in [-0.4, -0.2) is 32.1 Å². The monoisotopic (exact) mass is 370 g/mol. The highest BCUT2D eigenvalue weighted by molar-refractivity contribution is 5.96. The number of methoxy groups -OCH3 is 1. The molecular weight excluding hydrogens is 344 g/mol. The number of amides is 2. The molecule has 2 aromatic rings. The number of carbonyl (C=O) groups excluding carboxylic acids is 2. The Labute approximate surface area is 160 Å². The zero-order valence-corrected chi connectivity index (χ0v) is 16.2. The van der Waals surface area contributed by atoms with E-state index >= 15 is 0 Å². The molecule has 0 aliphatic rings. The van der Waals surface area contributed by atoms with E-state index in [1.165, 1.54) is 6.92 Å². The largest absolute Gasteiger partial charge is 0.495 e. The lowest BCUT2D eigenvalue weighted by molar-refractivity contribution is -0.117. The molecular formula is C21H26N2O4. The molecule has 0 fully saturated rings. The highest BCUT2D eigenvalue weighted by Crippen LogP contribution is 2.29. The summed E-state index contributed by atoms with van der Waals surface area (Å²) in [5, 5.41) is 2.85. The van der Waals surface area contributed by atoms with Gasteiger partial charge < -0.3 is 19.7 Å². The number of para-hydroxylation sites is 2. The summed E-state index contributed by atoms with van der Waals surface area (Å²) < 4.78 is 10.9. The summed E-state index contributed by atoms with van der Waals surface area (Å²) in [7, 11) is 1.56. The van der Waals surface area contributed by atoms with Gasteiger partial charge in [-0.1, -0.05) is 18.2 Å².